The summed E-state index contributed by atoms with van der Waals surface area (Å²) in [5.41, 5.74) is 0.732. The SMILES string of the molecule is O=[N+]([O-])c1cc2c(c(N3CCC(F)(F)CC3)n1)OCCC2. The maximum Gasteiger partial charge on any atom is 0.366 e. The highest BCUT2D eigenvalue weighted by molar-refractivity contribution is 5.60. The summed E-state index contributed by atoms with van der Waals surface area (Å²) in [5.74, 6) is -2.09. The number of aromatic nitrogens is 1. The number of aryl methyl sites for hydroxylation is 1. The van der Waals surface area contributed by atoms with Gasteiger partial charge in [-0.05, 0) is 22.7 Å². The van der Waals surface area contributed by atoms with Gasteiger partial charge in [0.2, 0.25) is 0 Å². The van der Waals surface area contributed by atoms with Crippen molar-refractivity contribution < 1.29 is 18.4 Å². The second-order valence-corrected chi connectivity index (χ2v) is 5.34. The van der Waals surface area contributed by atoms with Crippen molar-refractivity contribution in [3.63, 3.8) is 0 Å². The van der Waals surface area contributed by atoms with E-state index in [1.807, 2.05) is 0 Å². The summed E-state index contributed by atoms with van der Waals surface area (Å²) in [6, 6.07) is 1.41. The number of nitro groups is 1. The van der Waals surface area contributed by atoms with E-state index in [1.165, 1.54) is 6.07 Å². The number of rotatable bonds is 2. The van der Waals surface area contributed by atoms with Crippen LogP contribution in [0.25, 0.3) is 0 Å². The van der Waals surface area contributed by atoms with Crippen LogP contribution in [0.2, 0.25) is 0 Å². The third-order valence-electron chi connectivity index (χ3n) is 3.84. The van der Waals surface area contributed by atoms with Gasteiger partial charge in [0.05, 0.1) is 6.61 Å². The molecule has 2 aliphatic heterocycles. The van der Waals surface area contributed by atoms with Gasteiger partial charge in [-0.15, -0.1) is 0 Å². The van der Waals surface area contributed by atoms with E-state index < -0.39 is 10.8 Å². The highest BCUT2D eigenvalue weighted by atomic mass is 19.3. The number of piperidine rings is 1. The zero-order chi connectivity index (χ0) is 15.0. The summed E-state index contributed by atoms with van der Waals surface area (Å²) in [5, 5.41) is 11.0. The monoisotopic (exact) mass is 299 g/mol. The van der Waals surface area contributed by atoms with Gasteiger partial charge >= 0.3 is 5.82 Å². The molecule has 3 heterocycles. The van der Waals surface area contributed by atoms with E-state index in [-0.39, 0.29) is 31.7 Å². The highest BCUT2D eigenvalue weighted by Gasteiger charge is 2.37. The van der Waals surface area contributed by atoms with Gasteiger partial charge in [-0.3, -0.25) is 0 Å². The molecule has 0 aliphatic carbocycles. The standard InChI is InChI=1S/C13H15F2N3O3/c14-13(15)3-5-17(6-4-13)12-11-9(2-1-7-21-11)8-10(16-12)18(19)20/h8H,1-7H2. The fourth-order valence-corrected chi connectivity index (χ4v) is 2.69. The Morgan fingerprint density at radius 3 is 2.76 bits per heavy atom. The first-order valence-electron chi connectivity index (χ1n) is 6.90. The first-order valence-corrected chi connectivity index (χ1v) is 6.90. The lowest BCUT2D eigenvalue weighted by molar-refractivity contribution is -0.389. The Hall–Kier alpha value is -1.99. The van der Waals surface area contributed by atoms with Crippen LogP contribution < -0.4 is 9.64 Å². The lowest BCUT2D eigenvalue weighted by atomic mass is 10.0. The lowest BCUT2D eigenvalue weighted by Gasteiger charge is -2.32. The van der Waals surface area contributed by atoms with Crippen molar-refractivity contribution in [2.45, 2.75) is 31.6 Å². The number of alkyl halides is 2. The summed E-state index contributed by atoms with van der Waals surface area (Å²) in [7, 11) is 0. The van der Waals surface area contributed by atoms with E-state index in [2.05, 4.69) is 4.98 Å². The largest absolute Gasteiger partial charge is 0.487 e. The number of fused-ring (bicyclic) bond motifs is 1. The second kappa shape index (κ2) is 5.09. The van der Waals surface area contributed by atoms with Crippen LogP contribution in [0.15, 0.2) is 6.07 Å². The molecule has 8 heteroatoms. The molecule has 114 valence electrons. The maximum atomic E-state index is 13.3. The molecule has 0 aromatic carbocycles. The van der Waals surface area contributed by atoms with E-state index in [4.69, 9.17) is 4.74 Å². The van der Waals surface area contributed by atoms with Gasteiger partial charge in [0, 0.05) is 37.6 Å². The van der Waals surface area contributed by atoms with Crippen molar-refractivity contribution in [3.8, 4) is 5.75 Å². The molecule has 2 aliphatic rings. The average molecular weight is 299 g/mol. The van der Waals surface area contributed by atoms with Gasteiger partial charge in [-0.1, -0.05) is 0 Å². The fourth-order valence-electron chi connectivity index (χ4n) is 2.69. The van der Waals surface area contributed by atoms with E-state index >= 15 is 0 Å². The Labute approximate surface area is 119 Å². The summed E-state index contributed by atoms with van der Waals surface area (Å²) in [6.45, 7) is 0.761. The van der Waals surface area contributed by atoms with Crippen LogP contribution in [-0.2, 0) is 6.42 Å². The average Bonchev–Trinajstić information content (AvgIpc) is 2.46. The van der Waals surface area contributed by atoms with Gasteiger partial charge in [0.25, 0.3) is 11.7 Å². The molecule has 21 heavy (non-hydrogen) atoms. The molecule has 6 nitrogen and oxygen atoms in total. The molecular weight excluding hydrogens is 284 g/mol. The summed E-state index contributed by atoms with van der Waals surface area (Å²) in [6.07, 6.45) is 0.916. The topological polar surface area (TPSA) is 68.5 Å². The van der Waals surface area contributed by atoms with Gasteiger partial charge in [0.15, 0.2) is 5.75 Å². The number of halogens is 2. The Morgan fingerprint density at radius 1 is 1.38 bits per heavy atom. The Morgan fingerprint density at radius 2 is 2.10 bits per heavy atom. The quantitative estimate of drug-likeness (QED) is 0.620. The molecule has 1 aromatic rings. The lowest BCUT2D eigenvalue weighted by Crippen LogP contribution is -2.40. The number of hydrogen-bond acceptors (Lipinski definition) is 5. The normalized spacial score (nSPS) is 20.6. The van der Waals surface area contributed by atoms with Gasteiger partial charge in [-0.2, -0.15) is 0 Å². The van der Waals surface area contributed by atoms with Gasteiger partial charge in [-0.25, -0.2) is 8.78 Å². The molecule has 1 fully saturated rings. The molecule has 0 unspecified atom stereocenters. The molecule has 0 atom stereocenters. The van der Waals surface area contributed by atoms with Crippen LogP contribution in [0.4, 0.5) is 20.4 Å². The third-order valence-corrected chi connectivity index (χ3v) is 3.84. The van der Waals surface area contributed by atoms with Crippen LogP contribution in [0.5, 0.6) is 5.75 Å². The molecule has 1 saturated heterocycles. The minimum Gasteiger partial charge on any atom is -0.487 e. The molecular formula is C13H15F2N3O3. The second-order valence-electron chi connectivity index (χ2n) is 5.34. The van der Waals surface area contributed by atoms with Crippen LogP contribution in [0.1, 0.15) is 24.8 Å². The van der Waals surface area contributed by atoms with Crippen molar-refractivity contribution in [3.05, 3.63) is 21.7 Å². The van der Waals surface area contributed by atoms with Crippen molar-refractivity contribution >= 4 is 11.6 Å². The van der Waals surface area contributed by atoms with Crippen LogP contribution in [-0.4, -0.2) is 35.5 Å². The van der Waals surface area contributed by atoms with E-state index in [0.717, 1.165) is 12.0 Å². The predicted molar refractivity (Wildman–Crippen MR) is 71.1 cm³/mol. The van der Waals surface area contributed by atoms with E-state index in [9.17, 15) is 18.9 Å². The molecule has 1 aromatic heterocycles. The summed E-state index contributed by atoms with van der Waals surface area (Å²) < 4.78 is 32.1. The number of nitrogens with zero attached hydrogens (tertiary/aromatic N) is 3. The van der Waals surface area contributed by atoms with Crippen molar-refractivity contribution in [1.29, 1.82) is 0 Å². The predicted octanol–water partition coefficient (Wildman–Crippen LogP) is 2.55. The van der Waals surface area contributed by atoms with Gasteiger partial charge in [0.1, 0.15) is 0 Å². The van der Waals surface area contributed by atoms with E-state index in [1.54, 1.807) is 4.90 Å². The van der Waals surface area contributed by atoms with Crippen molar-refractivity contribution in [1.82, 2.24) is 4.98 Å². The zero-order valence-corrected chi connectivity index (χ0v) is 11.3. The molecule has 0 N–H and O–H groups in total. The fraction of sp³-hybridized carbons (Fsp3) is 0.615. The van der Waals surface area contributed by atoms with E-state index in [0.29, 0.717) is 24.6 Å². The number of pyridine rings is 1. The Kier molecular flexibility index (Phi) is 3.38. The minimum absolute atomic E-state index is 0.122. The number of hydrogen-bond donors (Lipinski definition) is 0. The molecule has 0 amide bonds. The zero-order valence-electron chi connectivity index (χ0n) is 11.3. The molecule has 3 rings (SSSR count). The Balaban J connectivity index is 1.96. The smallest absolute Gasteiger partial charge is 0.366 e. The number of anilines is 1. The first-order chi connectivity index (χ1) is 9.96. The molecule has 0 spiro atoms. The minimum atomic E-state index is -2.67. The van der Waals surface area contributed by atoms with Crippen molar-refractivity contribution in [2.24, 2.45) is 0 Å². The van der Waals surface area contributed by atoms with Crippen LogP contribution in [0.3, 0.4) is 0 Å². The Bertz CT molecular complexity index is 570. The number of ether oxygens (including phenoxy) is 1. The highest BCUT2D eigenvalue weighted by Crippen LogP contribution is 2.39. The third kappa shape index (κ3) is 2.74. The van der Waals surface area contributed by atoms with Crippen LogP contribution in [0, 0.1) is 10.1 Å². The van der Waals surface area contributed by atoms with Crippen molar-refractivity contribution in [2.75, 3.05) is 24.6 Å². The first kappa shape index (κ1) is 14.0. The summed E-state index contributed by atoms with van der Waals surface area (Å²) >= 11 is 0. The molecule has 0 radical (unpaired) electrons. The van der Waals surface area contributed by atoms with Crippen LogP contribution >= 0.6 is 0 Å². The molecule has 0 bridgehead atoms. The maximum absolute atomic E-state index is 13.3. The molecule has 0 saturated carbocycles. The van der Waals surface area contributed by atoms with Gasteiger partial charge < -0.3 is 19.8 Å². The summed E-state index contributed by atoms with van der Waals surface area (Å²) in [4.78, 5) is 16.1.